The summed E-state index contributed by atoms with van der Waals surface area (Å²) < 4.78 is 0. The van der Waals surface area contributed by atoms with Gasteiger partial charge in [-0.3, -0.25) is 4.79 Å². The highest BCUT2D eigenvalue weighted by molar-refractivity contribution is 5.90. The van der Waals surface area contributed by atoms with Crippen molar-refractivity contribution in [2.75, 3.05) is 0 Å². The van der Waals surface area contributed by atoms with Gasteiger partial charge < -0.3 is 10.2 Å². The van der Waals surface area contributed by atoms with Gasteiger partial charge in [-0.2, -0.15) is 0 Å². The summed E-state index contributed by atoms with van der Waals surface area (Å²) in [6.45, 7) is 1.64. The molecular weight excluding hydrogens is 268 g/mol. The fourth-order valence-corrected chi connectivity index (χ4v) is 3.07. The van der Waals surface area contributed by atoms with Crippen LogP contribution in [0.5, 0.6) is 0 Å². The molecule has 0 spiro atoms. The molecule has 2 rings (SSSR count). The molecule has 21 heavy (non-hydrogen) atoms. The van der Waals surface area contributed by atoms with Crippen LogP contribution in [-0.2, 0) is 16.0 Å². The van der Waals surface area contributed by atoms with E-state index in [9.17, 15) is 19.8 Å². The largest absolute Gasteiger partial charge is 0.481 e. The summed E-state index contributed by atoms with van der Waals surface area (Å²) in [5, 5.41) is 19.1. The number of benzene rings is 1. The van der Waals surface area contributed by atoms with Crippen molar-refractivity contribution in [3.8, 4) is 0 Å². The lowest BCUT2D eigenvalue weighted by molar-refractivity contribution is -0.145. The summed E-state index contributed by atoms with van der Waals surface area (Å²) >= 11 is 0. The number of hydrogen-bond acceptors (Lipinski definition) is 2. The molecule has 4 nitrogen and oxygen atoms in total. The van der Waals surface area contributed by atoms with Gasteiger partial charge in [0.25, 0.3) is 0 Å². The Balaban J connectivity index is 2.46. The van der Waals surface area contributed by atoms with Crippen LogP contribution in [0.15, 0.2) is 41.5 Å². The molecule has 1 aromatic carbocycles. The van der Waals surface area contributed by atoms with Crippen LogP contribution in [0.3, 0.4) is 0 Å². The van der Waals surface area contributed by atoms with Crippen molar-refractivity contribution in [1.82, 2.24) is 0 Å². The first-order valence-electron chi connectivity index (χ1n) is 7.18. The lowest BCUT2D eigenvalue weighted by Gasteiger charge is -2.32. The van der Waals surface area contributed by atoms with E-state index in [4.69, 9.17) is 0 Å². The molecule has 0 bridgehead atoms. The number of carboxylic acid groups (broad SMARTS) is 2. The van der Waals surface area contributed by atoms with Gasteiger partial charge in [-0.25, -0.2) is 4.79 Å². The molecular formula is C17H20O4. The first kappa shape index (κ1) is 15.3. The molecule has 2 N–H and O–H groups in total. The molecule has 1 atom stereocenters. The molecule has 0 radical (unpaired) electrons. The van der Waals surface area contributed by atoms with Gasteiger partial charge >= 0.3 is 11.9 Å². The molecule has 1 aliphatic carbocycles. The van der Waals surface area contributed by atoms with Gasteiger partial charge in [0.2, 0.25) is 0 Å². The molecule has 0 fully saturated rings. The van der Waals surface area contributed by atoms with Gasteiger partial charge in [0.1, 0.15) is 0 Å². The smallest absolute Gasteiger partial charge is 0.331 e. The Morgan fingerprint density at radius 1 is 1.10 bits per heavy atom. The van der Waals surface area contributed by atoms with Gasteiger partial charge in [0.05, 0.1) is 5.41 Å². The first-order chi connectivity index (χ1) is 9.95. The number of aliphatic carboxylic acids is 2. The van der Waals surface area contributed by atoms with E-state index < -0.39 is 17.4 Å². The SMILES string of the molecule is CC(Cc1ccccc1)(C(=O)O)C1=C(C(=O)O)CCCC1. The van der Waals surface area contributed by atoms with Crippen molar-refractivity contribution >= 4 is 11.9 Å². The Hall–Kier alpha value is -2.10. The Kier molecular flexibility index (Phi) is 4.46. The highest BCUT2D eigenvalue weighted by Gasteiger charge is 2.40. The zero-order valence-corrected chi connectivity index (χ0v) is 12.1. The maximum Gasteiger partial charge on any atom is 0.331 e. The number of rotatable bonds is 5. The molecule has 0 aliphatic heterocycles. The predicted molar refractivity (Wildman–Crippen MR) is 79.0 cm³/mol. The topological polar surface area (TPSA) is 74.6 Å². The van der Waals surface area contributed by atoms with Crippen molar-refractivity contribution in [1.29, 1.82) is 0 Å². The molecule has 4 heteroatoms. The molecule has 0 aromatic heterocycles. The maximum atomic E-state index is 11.9. The maximum absolute atomic E-state index is 11.9. The quantitative estimate of drug-likeness (QED) is 0.872. The molecule has 112 valence electrons. The van der Waals surface area contributed by atoms with Crippen LogP contribution in [0.25, 0.3) is 0 Å². The van der Waals surface area contributed by atoms with Crippen molar-refractivity contribution in [2.24, 2.45) is 5.41 Å². The van der Waals surface area contributed by atoms with E-state index in [1.54, 1.807) is 6.92 Å². The second-order valence-electron chi connectivity index (χ2n) is 5.77. The van der Waals surface area contributed by atoms with Crippen LogP contribution >= 0.6 is 0 Å². The van der Waals surface area contributed by atoms with Crippen LogP contribution < -0.4 is 0 Å². The standard InChI is InChI=1S/C17H20O4/c1-17(16(20)21,11-12-7-3-2-4-8-12)14-10-6-5-9-13(14)15(18)19/h2-4,7-8H,5-6,9-11H2,1H3,(H,18,19)(H,20,21). The molecule has 0 amide bonds. The molecule has 1 aliphatic rings. The van der Waals surface area contributed by atoms with Crippen LogP contribution in [0.2, 0.25) is 0 Å². The fraction of sp³-hybridized carbons (Fsp3) is 0.412. The monoisotopic (exact) mass is 288 g/mol. The molecule has 0 saturated carbocycles. The van der Waals surface area contributed by atoms with Gasteiger partial charge in [-0.1, -0.05) is 30.3 Å². The van der Waals surface area contributed by atoms with Crippen molar-refractivity contribution in [3.63, 3.8) is 0 Å². The zero-order chi connectivity index (χ0) is 15.5. The highest BCUT2D eigenvalue weighted by Crippen LogP contribution is 2.40. The van der Waals surface area contributed by atoms with E-state index in [1.165, 1.54) is 0 Å². The number of carbonyl (C=O) groups is 2. The zero-order valence-electron chi connectivity index (χ0n) is 12.1. The Labute approximate surface area is 124 Å². The van der Waals surface area contributed by atoms with Gasteiger partial charge in [-0.15, -0.1) is 0 Å². The van der Waals surface area contributed by atoms with Gasteiger partial charge in [0.15, 0.2) is 0 Å². The molecule has 0 saturated heterocycles. The summed E-state index contributed by atoms with van der Waals surface area (Å²) in [6, 6.07) is 9.37. The van der Waals surface area contributed by atoms with E-state index in [0.29, 0.717) is 30.4 Å². The molecule has 0 heterocycles. The number of carboxylic acids is 2. The Morgan fingerprint density at radius 2 is 1.71 bits per heavy atom. The number of hydrogen-bond donors (Lipinski definition) is 2. The third kappa shape index (κ3) is 3.15. The Morgan fingerprint density at radius 3 is 2.29 bits per heavy atom. The van der Waals surface area contributed by atoms with Crippen LogP contribution in [0, 0.1) is 5.41 Å². The Bertz CT molecular complexity index is 574. The van der Waals surface area contributed by atoms with E-state index in [-0.39, 0.29) is 0 Å². The van der Waals surface area contributed by atoms with E-state index in [0.717, 1.165) is 18.4 Å². The van der Waals surface area contributed by atoms with Crippen LogP contribution in [-0.4, -0.2) is 22.2 Å². The van der Waals surface area contributed by atoms with E-state index >= 15 is 0 Å². The van der Waals surface area contributed by atoms with Crippen LogP contribution in [0.4, 0.5) is 0 Å². The average molecular weight is 288 g/mol. The highest BCUT2D eigenvalue weighted by atomic mass is 16.4. The summed E-state index contributed by atoms with van der Waals surface area (Å²) in [5.74, 6) is -1.94. The normalized spacial score (nSPS) is 18.1. The predicted octanol–water partition coefficient (Wildman–Crippen LogP) is 3.28. The lowest BCUT2D eigenvalue weighted by atomic mass is 9.70. The minimum Gasteiger partial charge on any atom is -0.481 e. The molecule has 1 unspecified atom stereocenters. The van der Waals surface area contributed by atoms with Crippen LogP contribution in [0.1, 0.15) is 38.2 Å². The minimum absolute atomic E-state index is 0.294. The lowest BCUT2D eigenvalue weighted by Crippen LogP contribution is -2.35. The summed E-state index contributed by atoms with van der Waals surface area (Å²) in [4.78, 5) is 23.3. The summed E-state index contributed by atoms with van der Waals surface area (Å²) in [7, 11) is 0. The van der Waals surface area contributed by atoms with Gasteiger partial charge in [-0.05, 0) is 50.2 Å². The second-order valence-corrected chi connectivity index (χ2v) is 5.77. The van der Waals surface area contributed by atoms with E-state index in [2.05, 4.69) is 0 Å². The minimum atomic E-state index is -1.16. The van der Waals surface area contributed by atoms with Crippen molar-refractivity contribution in [2.45, 2.75) is 39.0 Å². The third-order valence-corrected chi connectivity index (χ3v) is 4.26. The fourth-order valence-electron chi connectivity index (χ4n) is 3.07. The summed E-state index contributed by atoms with van der Waals surface area (Å²) in [5.41, 5.74) is 0.625. The second kappa shape index (κ2) is 6.12. The molecule has 1 aromatic rings. The van der Waals surface area contributed by atoms with E-state index in [1.807, 2.05) is 30.3 Å². The third-order valence-electron chi connectivity index (χ3n) is 4.26. The first-order valence-corrected chi connectivity index (χ1v) is 7.18. The van der Waals surface area contributed by atoms with Crippen molar-refractivity contribution in [3.05, 3.63) is 47.0 Å². The summed E-state index contributed by atoms with van der Waals surface area (Å²) in [6.07, 6.45) is 2.99. The average Bonchev–Trinajstić information content (AvgIpc) is 2.48. The van der Waals surface area contributed by atoms with Gasteiger partial charge in [0, 0.05) is 5.57 Å². The van der Waals surface area contributed by atoms with Crippen molar-refractivity contribution < 1.29 is 19.8 Å².